The van der Waals surface area contributed by atoms with E-state index in [1.807, 2.05) is 25.1 Å². The number of hydrogen-bond acceptors (Lipinski definition) is 5. The fourth-order valence-corrected chi connectivity index (χ4v) is 2.75. The predicted octanol–water partition coefficient (Wildman–Crippen LogP) is 3.06. The van der Waals surface area contributed by atoms with E-state index in [4.69, 9.17) is 0 Å². The molecule has 0 atom stereocenters. The van der Waals surface area contributed by atoms with Gasteiger partial charge in [-0.3, -0.25) is 19.9 Å². The van der Waals surface area contributed by atoms with E-state index in [2.05, 4.69) is 15.4 Å². The van der Waals surface area contributed by atoms with Gasteiger partial charge in [-0.05, 0) is 30.7 Å². The molecule has 0 saturated carbocycles. The van der Waals surface area contributed by atoms with Crippen LogP contribution in [0.5, 0.6) is 0 Å². The number of nitro groups is 1. The van der Waals surface area contributed by atoms with Gasteiger partial charge in [0.1, 0.15) is 0 Å². The molecule has 0 saturated heterocycles. The van der Waals surface area contributed by atoms with E-state index in [9.17, 15) is 14.9 Å². The number of hydrogen-bond donors (Lipinski definition) is 1. The number of carbonyl (C=O) groups is 1. The first-order valence-electron chi connectivity index (χ1n) is 8.60. The maximum atomic E-state index is 12.6. The molecule has 1 aromatic carbocycles. The van der Waals surface area contributed by atoms with Crippen LogP contribution in [0.3, 0.4) is 0 Å². The standard InChI is InChI=1S/C19H19N5O3/c1-2-5-18-17(19(25)21-12-14-6-3-4-11-20-14)13-22-23(18)15-7-9-16(10-8-15)24(26)27/h3-4,6-11,13H,2,5,12H2,1H3,(H,21,25). The van der Waals surface area contributed by atoms with Crippen molar-refractivity contribution >= 4 is 11.6 Å². The van der Waals surface area contributed by atoms with Gasteiger partial charge in [0.05, 0.1) is 40.3 Å². The van der Waals surface area contributed by atoms with Gasteiger partial charge in [-0.2, -0.15) is 5.10 Å². The Balaban J connectivity index is 1.84. The number of nitrogens with one attached hydrogen (secondary N) is 1. The van der Waals surface area contributed by atoms with Crippen LogP contribution in [0.15, 0.2) is 54.9 Å². The summed E-state index contributed by atoms with van der Waals surface area (Å²) in [6.45, 7) is 2.34. The predicted molar refractivity (Wildman–Crippen MR) is 99.6 cm³/mol. The second kappa shape index (κ2) is 8.22. The molecule has 0 aliphatic carbocycles. The molecule has 3 rings (SSSR count). The number of rotatable bonds is 7. The van der Waals surface area contributed by atoms with E-state index in [0.717, 1.165) is 17.8 Å². The normalized spacial score (nSPS) is 10.6. The fraction of sp³-hybridized carbons (Fsp3) is 0.211. The molecule has 0 radical (unpaired) electrons. The molecule has 0 fully saturated rings. The molecular formula is C19H19N5O3. The van der Waals surface area contributed by atoms with E-state index in [-0.39, 0.29) is 11.6 Å². The van der Waals surface area contributed by atoms with Gasteiger partial charge < -0.3 is 5.32 Å². The number of nitro benzene ring substituents is 1. The molecule has 8 nitrogen and oxygen atoms in total. The summed E-state index contributed by atoms with van der Waals surface area (Å²) in [4.78, 5) is 27.2. The number of non-ortho nitro benzene ring substituents is 1. The molecule has 0 unspecified atom stereocenters. The second-order valence-electron chi connectivity index (χ2n) is 5.94. The minimum absolute atomic E-state index is 0.0104. The van der Waals surface area contributed by atoms with Crippen LogP contribution in [0.4, 0.5) is 5.69 Å². The zero-order chi connectivity index (χ0) is 19.2. The monoisotopic (exact) mass is 365 g/mol. The largest absolute Gasteiger partial charge is 0.346 e. The first-order chi connectivity index (χ1) is 13.1. The number of carbonyl (C=O) groups excluding carboxylic acids is 1. The van der Waals surface area contributed by atoms with Crippen molar-refractivity contribution in [2.45, 2.75) is 26.3 Å². The fourth-order valence-electron chi connectivity index (χ4n) is 2.75. The van der Waals surface area contributed by atoms with Gasteiger partial charge in [0.2, 0.25) is 0 Å². The van der Waals surface area contributed by atoms with Crippen molar-refractivity contribution in [2.24, 2.45) is 0 Å². The quantitative estimate of drug-likeness (QED) is 0.512. The average Bonchev–Trinajstić information content (AvgIpc) is 3.11. The van der Waals surface area contributed by atoms with Crippen molar-refractivity contribution in [3.8, 4) is 5.69 Å². The minimum atomic E-state index is -0.448. The SMILES string of the molecule is CCCc1c(C(=O)NCc2ccccn2)cnn1-c1ccc([N+](=O)[O-])cc1. The minimum Gasteiger partial charge on any atom is -0.346 e. The maximum absolute atomic E-state index is 12.6. The summed E-state index contributed by atoms with van der Waals surface area (Å²) in [5.41, 5.74) is 2.71. The van der Waals surface area contributed by atoms with E-state index >= 15 is 0 Å². The Morgan fingerprint density at radius 2 is 2.00 bits per heavy atom. The second-order valence-corrected chi connectivity index (χ2v) is 5.94. The topological polar surface area (TPSA) is 103 Å². The van der Waals surface area contributed by atoms with Crippen molar-refractivity contribution in [1.82, 2.24) is 20.1 Å². The molecule has 0 bridgehead atoms. The van der Waals surface area contributed by atoms with E-state index in [0.29, 0.717) is 24.2 Å². The molecule has 1 N–H and O–H groups in total. The van der Waals surface area contributed by atoms with Crippen molar-refractivity contribution in [1.29, 1.82) is 0 Å². The van der Waals surface area contributed by atoms with Gasteiger partial charge in [0, 0.05) is 18.3 Å². The molecule has 0 aliphatic rings. The number of amides is 1. The lowest BCUT2D eigenvalue weighted by Gasteiger charge is -2.09. The van der Waals surface area contributed by atoms with E-state index in [1.165, 1.54) is 18.3 Å². The lowest BCUT2D eigenvalue weighted by molar-refractivity contribution is -0.384. The van der Waals surface area contributed by atoms with Crippen molar-refractivity contribution in [3.63, 3.8) is 0 Å². The molecule has 138 valence electrons. The van der Waals surface area contributed by atoms with E-state index in [1.54, 1.807) is 23.0 Å². The van der Waals surface area contributed by atoms with Gasteiger partial charge in [-0.25, -0.2) is 4.68 Å². The summed E-state index contributed by atoms with van der Waals surface area (Å²) in [5.74, 6) is -0.225. The highest BCUT2D eigenvalue weighted by Crippen LogP contribution is 2.20. The first-order valence-corrected chi connectivity index (χ1v) is 8.60. The zero-order valence-electron chi connectivity index (χ0n) is 14.8. The van der Waals surface area contributed by atoms with Crippen LogP contribution >= 0.6 is 0 Å². The third-order valence-electron chi connectivity index (χ3n) is 4.06. The molecule has 1 amide bonds. The lowest BCUT2D eigenvalue weighted by Crippen LogP contribution is -2.24. The van der Waals surface area contributed by atoms with Crippen LogP contribution in [-0.4, -0.2) is 25.6 Å². The highest BCUT2D eigenvalue weighted by Gasteiger charge is 2.18. The Labute approximate surface area is 156 Å². The number of aromatic nitrogens is 3. The Morgan fingerprint density at radius 1 is 1.22 bits per heavy atom. The molecule has 2 aromatic heterocycles. The average molecular weight is 365 g/mol. The van der Waals surface area contributed by atoms with Gasteiger partial charge >= 0.3 is 0 Å². The number of nitrogens with zero attached hydrogens (tertiary/aromatic N) is 4. The summed E-state index contributed by atoms with van der Waals surface area (Å²) in [5, 5.41) is 18.0. The summed E-state index contributed by atoms with van der Waals surface area (Å²) in [6, 6.07) is 11.6. The summed E-state index contributed by atoms with van der Waals surface area (Å²) in [6.07, 6.45) is 4.69. The molecule has 8 heteroatoms. The Morgan fingerprint density at radius 3 is 2.63 bits per heavy atom. The van der Waals surface area contributed by atoms with Crippen LogP contribution in [0.25, 0.3) is 5.69 Å². The van der Waals surface area contributed by atoms with Crippen LogP contribution in [0.2, 0.25) is 0 Å². The van der Waals surface area contributed by atoms with Crippen LogP contribution in [0.1, 0.15) is 35.1 Å². The van der Waals surface area contributed by atoms with Gasteiger partial charge in [0.25, 0.3) is 11.6 Å². The number of benzene rings is 1. The summed E-state index contributed by atoms with van der Waals surface area (Å²) < 4.78 is 1.66. The Bertz CT molecular complexity index is 936. The maximum Gasteiger partial charge on any atom is 0.269 e. The van der Waals surface area contributed by atoms with Gasteiger partial charge in [-0.15, -0.1) is 0 Å². The lowest BCUT2D eigenvalue weighted by atomic mass is 10.1. The molecule has 27 heavy (non-hydrogen) atoms. The Hall–Kier alpha value is -3.55. The van der Waals surface area contributed by atoms with Gasteiger partial charge in [0.15, 0.2) is 0 Å². The summed E-state index contributed by atoms with van der Waals surface area (Å²) >= 11 is 0. The van der Waals surface area contributed by atoms with Gasteiger partial charge in [-0.1, -0.05) is 19.4 Å². The molecule has 0 aliphatic heterocycles. The van der Waals surface area contributed by atoms with Crippen molar-refractivity contribution < 1.29 is 9.72 Å². The number of pyridine rings is 1. The van der Waals surface area contributed by atoms with Crippen molar-refractivity contribution in [3.05, 3.63) is 81.9 Å². The highest BCUT2D eigenvalue weighted by molar-refractivity contribution is 5.95. The molecule has 3 aromatic rings. The Kier molecular flexibility index (Phi) is 5.55. The first kappa shape index (κ1) is 18.2. The molecule has 0 spiro atoms. The smallest absolute Gasteiger partial charge is 0.269 e. The van der Waals surface area contributed by atoms with Crippen LogP contribution in [-0.2, 0) is 13.0 Å². The third-order valence-corrected chi connectivity index (χ3v) is 4.06. The van der Waals surface area contributed by atoms with Crippen LogP contribution < -0.4 is 5.32 Å². The summed E-state index contributed by atoms with van der Waals surface area (Å²) in [7, 11) is 0. The third kappa shape index (κ3) is 4.17. The highest BCUT2D eigenvalue weighted by atomic mass is 16.6. The molecule has 2 heterocycles. The molecular weight excluding hydrogens is 346 g/mol. The van der Waals surface area contributed by atoms with E-state index < -0.39 is 4.92 Å². The van der Waals surface area contributed by atoms with Crippen molar-refractivity contribution in [2.75, 3.05) is 0 Å². The zero-order valence-corrected chi connectivity index (χ0v) is 14.8. The van der Waals surface area contributed by atoms with Crippen LogP contribution in [0, 0.1) is 10.1 Å².